The molecule has 0 unspecified atom stereocenters. The first-order valence-electron chi connectivity index (χ1n) is 4.56. The van der Waals surface area contributed by atoms with Crippen molar-refractivity contribution in [3.63, 3.8) is 0 Å². The van der Waals surface area contributed by atoms with Gasteiger partial charge in [-0.15, -0.1) is 0 Å². The lowest BCUT2D eigenvalue weighted by Crippen LogP contribution is -2.14. The smallest absolute Gasteiger partial charge is 0.123 e. The number of hydrogen-bond acceptors (Lipinski definition) is 1. The summed E-state index contributed by atoms with van der Waals surface area (Å²) in [5, 5.41) is 0. The normalized spacial score (nSPS) is 24.5. The molecule has 1 aliphatic carbocycles. The lowest BCUT2D eigenvalue weighted by atomic mass is 9.86. The Hall–Kier alpha value is -0.890. The van der Waals surface area contributed by atoms with Crippen molar-refractivity contribution >= 4 is 0 Å². The Kier molecular flexibility index (Phi) is 1.70. The van der Waals surface area contributed by atoms with Gasteiger partial charge in [-0.25, -0.2) is 4.39 Å². The molecule has 0 aliphatic heterocycles. The molecule has 13 heavy (non-hydrogen) atoms. The number of halogens is 1. The van der Waals surface area contributed by atoms with Crippen LogP contribution in [-0.2, 0) is 5.41 Å². The molecular formula is C11H14FN. The number of rotatable bonds is 0. The second kappa shape index (κ2) is 2.55. The van der Waals surface area contributed by atoms with Crippen molar-refractivity contribution in [2.75, 3.05) is 0 Å². The van der Waals surface area contributed by atoms with E-state index in [0.29, 0.717) is 0 Å². The first-order valence-corrected chi connectivity index (χ1v) is 4.56. The molecule has 70 valence electrons. The summed E-state index contributed by atoms with van der Waals surface area (Å²) in [6.07, 6.45) is 0.909. The zero-order valence-corrected chi connectivity index (χ0v) is 7.97. The van der Waals surface area contributed by atoms with Crippen LogP contribution in [0.4, 0.5) is 4.39 Å². The van der Waals surface area contributed by atoms with Crippen molar-refractivity contribution in [2.45, 2.75) is 31.7 Å². The van der Waals surface area contributed by atoms with Gasteiger partial charge in [0.25, 0.3) is 0 Å². The minimum Gasteiger partial charge on any atom is -0.324 e. The second-order valence-corrected chi connectivity index (χ2v) is 4.43. The average molecular weight is 179 g/mol. The topological polar surface area (TPSA) is 26.0 Å². The molecular weight excluding hydrogens is 165 g/mol. The lowest BCUT2D eigenvalue weighted by Gasteiger charge is -2.18. The quantitative estimate of drug-likeness (QED) is 0.650. The van der Waals surface area contributed by atoms with Gasteiger partial charge in [0.1, 0.15) is 5.82 Å². The lowest BCUT2D eigenvalue weighted by molar-refractivity contribution is 0.481. The third-order valence-corrected chi connectivity index (χ3v) is 2.87. The minimum atomic E-state index is -0.188. The number of nitrogens with two attached hydrogens (primary N) is 1. The van der Waals surface area contributed by atoms with Gasteiger partial charge in [-0.2, -0.15) is 0 Å². The van der Waals surface area contributed by atoms with Crippen LogP contribution in [0.25, 0.3) is 0 Å². The predicted octanol–water partition coefficient (Wildman–Crippen LogP) is 2.51. The molecule has 0 spiro atoms. The maximum Gasteiger partial charge on any atom is 0.123 e. The zero-order chi connectivity index (χ0) is 9.64. The fourth-order valence-electron chi connectivity index (χ4n) is 2.23. The summed E-state index contributed by atoms with van der Waals surface area (Å²) in [7, 11) is 0. The van der Waals surface area contributed by atoms with Crippen LogP contribution in [-0.4, -0.2) is 0 Å². The summed E-state index contributed by atoms with van der Waals surface area (Å²) in [6.45, 7) is 4.30. The summed E-state index contributed by atoms with van der Waals surface area (Å²) in [4.78, 5) is 0. The highest BCUT2D eigenvalue weighted by Crippen LogP contribution is 2.43. The molecule has 1 aliphatic rings. The molecule has 0 aromatic heterocycles. The number of fused-ring (bicyclic) bond motifs is 1. The minimum absolute atomic E-state index is 0.000648. The van der Waals surface area contributed by atoms with Crippen molar-refractivity contribution in [3.8, 4) is 0 Å². The predicted molar refractivity (Wildman–Crippen MR) is 51.0 cm³/mol. The number of hydrogen-bond donors (Lipinski definition) is 1. The Morgan fingerprint density at radius 3 is 2.85 bits per heavy atom. The highest BCUT2D eigenvalue weighted by Gasteiger charge is 2.34. The summed E-state index contributed by atoms with van der Waals surface area (Å²) in [6, 6.07) is 4.94. The first kappa shape index (κ1) is 8.70. The highest BCUT2D eigenvalue weighted by atomic mass is 19.1. The van der Waals surface area contributed by atoms with Crippen LogP contribution in [0.1, 0.15) is 37.4 Å². The standard InChI is InChI=1S/C11H14FN/c1-11(2)6-10(13)8-5-7(12)3-4-9(8)11/h3-5,10H,6,13H2,1-2H3/t10-/m1/s1. The van der Waals surface area contributed by atoms with Crippen molar-refractivity contribution in [1.29, 1.82) is 0 Å². The summed E-state index contributed by atoms with van der Waals surface area (Å²) < 4.78 is 12.9. The van der Waals surface area contributed by atoms with Gasteiger partial charge in [-0.05, 0) is 35.1 Å². The van der Waals surface area contributed by atoms with Crippen LogP contribution >= 0.6 is 0 Å². The molecule has 0 saturated heterocycles. The molecule has 0 amide bonds. The van der Waals surface area contributed by atoms with Gasteiger partial charge in [0.15, 0.2) is 0 Å². The Bertz CT molecular complexity index is 344. The van der Waals surface area contributed by atoms with Gasteiger partial charge in [-0.3, -0.25) is 0 Å². The van der Waals surface area contributed by atoms with Crippen LogP contribution in [0.15, 0.2) is 18.2 Å². The van der Waals surface area contributed by atoms with E-state index in [4.69, 9.17) is 5.73 Å². The highest BCUT2D eigenvalue weighted by molar-refractivity contribution is 5.41. The fraction of sp³-hybridized carbons (Fsp3) is 0.455. The largest absolute Gasteiger partial charge is 0.324 e. The van der Waals surface area contributed by atoms with Crippen LogP contribution in [0, 0.1) is 5.82 Å². The monoisotopic (exact) mass is 179 g/mol. The fourth-order valence-corrected chi connectivity index (χ4v) is 2.23. The molecule has 1 aromatic carbocycles. The zero-order valence-electron chi connectivity index (χ0n) is 7.97. The first-order chi connectivity index (χ1) is 6.00. The van der Waals surface area contributed by atoms with Gasteiger partial charge >= 0.3 is 0 Å². The Labute approximate surface area is 77.8 Å². The van der Waals surface area contributed by atoms with E-state index in [9.17, 15) is 4.39 Å². The Balaban J connectivity index is 2.59. The molecule has 0 saturated carbocycles. The molecule has 2 rings (SSSR count). The molecule has 0 radical (unpaired) electrons. The van der Waals surface area contributed by atoms with Crippen molar-refractivity contribution in [3.05, 3.63) is 35.1 Å². The van der Waals surface area contributed by atoms with Gasteiger partial charge < -0.3 is 5.73 Å². The van der Waals surface area contributed by atoms with Gasteiger partial charge in [0.2, 0.25) is 0 Å². The SMILES string of the molecule is CC1(C)C[C@@H](N)c2cc(F)ccc21. The van der Waals surface area contributed by atoms with Crippen molar-refractivity contribution < 1.29 is 4.39 Å². The molecule has 1 atom stereocenters. The van der Waals surface area contributed by atoms with E-state index in [-0.39, 0.29) is 17.3 Å². The van der Waals surface area contributed by atoms with Gasteiger partial charge in [0.05, 0.1) is 0 Å². The van der Waals surface area contributed by atoms with Crippen molar-refractivity contribution in [1.82, 2.24) is 0 Å². The summed E-state index contributed by atoms with van der Waals surface area (Å²) in [5.41, 5.74) is 8.20. The summed E-state index contributed by atoms with van der Waals surface area (Å²) >= 11 is 0. The van der Waals surface area contributed by atoms with Gasteiger partial charge in [0, 0.05) is 6.04 Å². The molecule has 2 heteroatoms. The van der Waals surface area contributed by atoms with Crippen LogP contribution in [0.2, 0.25) is 0 Å². The van der Waals surface area contributed by atoms with Crippen molar-refractivity contribution in [2.24, 2.45) is 5.73 Å². The van der Waals surface area contributed by atoms with Crippen LogP contribution in [0.3, 0.4) is 0 Å². The van der Waals surface area contributed by atoms with E-state index in [1.54, 1.807) is 6.07 Å². The Morgan fingerprint density at radius 1 is 1.46 bits per heavy atom. The van der Waals surface area contributed by atoms with Crippen LogP contribution in [0.5, 0.6) is 0 Å². The molecule has 2 N–H and O–H groups in total. The molecule has 0 heterocycles. The average Bonchev–Trinajstić information content (AvgIpc) is 2.22. The molecule has 1 nitrogen and oxygen atoms in total. The van der Waals surface area contributed by atoms with E-state index in [2.05, 4.69) is 13.8 Å². The Morgan fingerprint density at radius 2 is 2.15 bits per heavy atom. The van der Waals surface area contributed by atoms with Gasteiger partial charge in [-0.1, -0.05) is 19.9 Å². The van der Waals surface area contributed by atoms with E-state index in [1.807, 2.05) is 6.07 Å². The molecule has 0 bridgehead atoms. The maximum absolute atomic E-state index is 12.9. The van der Waals surface area contributed by atoms with E-state index in [0.717, 1.165) is 12.0 Å². The van der Waals surface area contributed by atoms with E-state index in [1.165, 1.54) is 11.6 Å². The second-order valence-electron chi connectivity index (χ2n) is 4.43. The van der Waals surface area contributed by atoms with Crippen LogP contribution < -0.4 is 5.73 Å². The molecule has 0 fully saturated rings. The maximum atomic E-state index is 12.9. The molecule has 1 aromatic rings. The van der Waals surface area contributed by atoms with E-state index < -0.39 is 0 Å². The summed E-state index contributed by atoms with van der Waals surface area (Å²) in [5.74, 6) is -0.188. The van der Waals surface area contributed by atoms with E-state index >= 15 is 0 Å². The third kappa shape index (κ3) is 1.25. The number of benzene rings is 1. The third-order valence-electron chi connectivity index (χ3n) is 2.87.